The molecule has 0 heterocycles. The van der Waals surface area contributed by atoms with Crippen LogP contribution in [0.15, 0.2) is 92.0 Å². The highest BCUT2D eigenvalue weighted by Gasteiger charge is 2.12. The first-order valence-corrected chi connectivity index (χ1v) is 12.4. The van der Waals surface area contributed by atoms with E-state index in [1.165, 1.54) is 0 Å². The summed E-state index contributed by atoms with van der Waals surface area (Å²) >= 11 is 0. The number of hydrogen-bond acceptors (Lipinski definition) is 8. The number of ether oxygens (including phenoxy) is 5. The number of esters is 3. The Morgan fingerprint density at radius 1 is 0.878 bits per heavy atom. The van der Waals surface area contributed by atoms with Crippen molar-refractivity contribution in [3.8, 4) is 29.1 Å². The van der Waals surface area contributed by atoms with Crippen LogP contribution in [0.25, 0.3) is 0 Å². The van der Waals surface area contributed by atoms with E-state index < -0.39 is 23.7 Å². The largest absolute Gasteiger partial charge is 0.490 e. The van der Waals surface area contributed by atoms with E-state index in [4.69, 9.17) is 14.2 Å². The third-order valence-corrected chi connectivity index (χ3v) is 5.33. The van der Waals surface area contributed by atoms with Gasteiger partial charge in [0.2, 0.25) is 5.83 Å². The topological polar surface area (TPSA) is 97.4 Å². The Morgan fingerprint density at radius 3 is 2.20 bits per heavy atom. The van der Waals surface area contributed by atoms with Crippen LogP contribution in [0.1, 0.15) is 34.0 Å². The van der Waals surface area contributed by atoms with E-state index in [9.17, 15) is 18.8 Å². The van der Waals surface area contributed by atoms with Gasteiger partial charge in [0.15, 0.2) is 6.61 Å². The second-order valence-electron chi connectivity index (χ2n) is 8.20. The zero-order valence-electron chi connectivity index (χ0n) is 22.3. The van der Waals surface area contributed by atoms with Crippen LogP contribution in [0.4, 0.5) is 4.39 Å². The van der Waals surface area contributed by atoms with E-state index in [1.807, 2.05) is 6.92 Å². The molecule has 0 fully saturated rings. The smallest absolute Gasteiger partial charge is 0.366 e. The molecule has 0 bridgehead atoms. The van der Waals surface area contributed by atoms with Crippen LogP contribution in [0.3, 0.4) is 0 Å². The second-order valence-corrected chi connectivity index (χ2v) is 8.20. The number of benzene rings is 3. The summed E-state index contributed by atoms with van der Waals surface area (Å²) in [5.74, 6) is 4.11. The Morgan fingerprint density at radius 2 is 1.54 bits per heavy atom. The molecule has 3 rings (SSSR count). The molecule has 0 spiro atoms. The highest BCUT2D eigenvalue weighted by Crippen LogP contribution is 2.20. The Labute approximate surface area is 236 Å². The first-order chi connectivity index (χ1) is 19.8. The minimum atomic E-state index is -1.16. The van der Waals surface area contributed by atoms with E-state index in [-0.39, 0.29) is 19.8 Å². The van der Waals surface area contributed by atoms with Crippen molar-refractivity contribution >= 4 is 17.9 Å². The molecule has 3 aromatic rings. The van der Waals surface area contributed by atoms with Crippen molar-refractivity contribution < 1.29 is 42.5 Å². The number of carbonyl (C=O) groups excluding carboxylic acids is 3. The molecule has 0 aliphatic heterocycles. The summed E-state index contributed by atoms with van der Waals surface area (Å²) in [6, 6.07) is 18.4. The summed E-state index contributed by atoms with van der Waals surface area (Å²) in [4.78, 5) is 35.1. The Hall–Kier alpha value is -5.36. The van der Waals surface area contributed by atoms with Crippen LogP contribution in [0, 0.1) is 11.8 Å². The van der Waals surface area contributed by atoms with E-state index in [1.54, 1.807) is 66.7 Å². The number of rotatable bonds is 12. The molecule has 0 atom stereocenters. The Kier molecular flexibility index (Phi) is 11.3. The molecular formula is C32H27FO8. The predicted octanol–water partition coefficient (Wildman–Crippen LogP) is 5.34. The number of halogens is 1. The molecule has 0 amide bonds. The third-order valence-electron chi connectivity index (χ3n) is 5.33. The van der Waals surface area contributed by atoms with Crippen LogP contribution in [0.2, 0.25) is 0 Å². The fourth-order valence-electron chi connectivity index (χ4n) is 3.32. The maximum absolute atomic E-state index is 12.7. The average molecular weight is 559 g/mol. The van der Waals surface area contributed by atoms with E-state index in [2.05, 4.69) is 34.5 Å². The summed E-state index contributed by atoms with van der Waals surface area (Å²) in [5.41, 5.74) is 2.78. The van der Waals surface area contributed by atoms with Crippen LogP contribution >= 0.6 is 0 Å². The van der Waals surface area contributed by atoms with Crippen LogP contribution in [-0.4, -0.2) is 37.7 Å². The first-order valence-electron chi connectivity index (χ1n) is 12.4. The van der Waals surface area contributed by atoms with Gasteiger partial charge in [-0.15, -0.1) is 0 Å². The zero-order chi connectivity index (χ0) is 29.6. The van der Waals surface area contributed by atoms with Crippen molar-refractivity contribution in [2.45, 2.75) is 13.3 Å². The highest BCUT2D eigenvalue weighted by molar-refractivity contribution is 5.91. The van der Waals surface area contributed by atoms with E-state index in [0.717, 1.165) is 23.0 Å². The monoisotopic (exact) mass is 558 g/mol. The minimum absolute atomic E-state index is 0.0623. The van der Waals surface area contributed by atoms with Gasteiger partial charge in [-0.1, -0.05) is 31.9 Å². The molecule has 41 heavy (non-hydrogen) atoms. The van der Waals surface area contributed by atoms with Crippen LogP contribution in [0.5, 0.6) is 17.2 Å². The molecule has 0 aliphatic carbocycles. The molecule has 3 aromatic carbocycles. The molecule has 0 aliphatic rings. The SMILES string of the molecule is C=COC(=O)COc1ccc(OC(=O)c2ccc(C#Cc3ccc(OCCOC(=O)C(=C)F)cc3)c(CC)c2)cc1. The van der Waals surface area contributed by atoms with Crippen LogP contribution < -0.4 is 14.2 Å². The van der Waals surface area contributed by atoms with Crippen molar-refractivity contribution in [3.05, 3.63) is 114 Å². The summed E-state index contributed by atoms with van der Waals surface area (Å²) in [7, 11) is 0. The van der Waals surface area contributed by atoms with Crippen molar-refractivity contribution in [2.75, 3.05) is 19.8 Å². The fourth-order valence-corrected chi connectivity index (χ4v) is 3.32. The van der Waals surface area contributed by atoms with Gasteiger partial charge in [-0.2, -0.15) is 4.39 Å². The van der Waals surface area contributed by atoms with Crippen molar-refractivity contribution in [1.29, 1.82) is 0 Å². The van der Waals surface area contributed by atoms with Crippen molar-refractivity contribution in [3.63, 3.8) is 0 Å². The Balaban J connectivity index is 1.56. The van der Waals surface area contributed by atoms with Gasteiger partial charge in [0, 0.05) is 11.1 Å². The van der Waals surface area contributed by atoms with E-state index >= 15 is 0 Å². The first kappa shape index (κ1) is 30.2. The van der Waals surface area contributed by atoms with Gasteiger partial charge in [0.05, 0.1) is 11.8 Å². The van der Waals surface area contributed by atoms with Crippen molar-refractivity contribution in [1.82, 2.24) is 0 Å². The predicted molar refractivity (Wildman–Crippen MR) is 148 cm³/mol. The van der Waals surface area contributed by atoms with Gasteiger partial charge in [-0.25, -0.2) is 14.4 Å². The standard InChI is InChI=1S/C32H27FO8/c1-4-24-20-26(32(36)41-29-16-14-28(15-17-29)40-21-30(34)37-5-2)11-10-25(24)9-6-23-7-12-27(13-8-23)38-18-19-39-31(35)22(3)33/h5,7-8,10-17,20H,2-4,18-19,21H2,1H3. The number of aryl methyl sites for hydroxylation is 1. The van der Waals surface area contributed by atoms with Gasteiger partial charge in [-0.3, -0.25) is 0 Å². The highest BCUT2D eigenvalue weighted by atomic mass is 19.1. The Bertz CT molecular complexity index is 1460. The summed E-state index contributed by atoms with van der Waals surface area (Å²) in [6.07, 6.45) is 1.68. The van der Waals surface area contributed by atoms with E-state index in [0.29, 0.717) is 29.2 Å². The fraction of sp³-hybridized carbons (Fsp3) is 0.156. The molecule has 0 aromatic heterocycles. The molecule has 210 valence electrons. The molecule has 0 saturated carbocycles. The van der Waals surface area contributed by atoms with Gasteiger partial charge in [0.25, 0.3) is 0 Å². The average Bonchev–Trinajstić information content (AvgIpc) is 2.98. The van der Waals surface area contributed by atoms with Gasteiger partial charge < -0.3 is 23.7 Å². The van der Waals surface area contributed by atoms with Gasteiger partial charge >= 0.3 is 17.9 Å². The maximum atomic E-state index is 12.7. The van der Waals surface area contributed by atoms with Gasteiger partial charge in [-0.05, 0) is 78.7 Å². The van der Waals surface area contributed by atoms with Crippen molar-refractivity contribution in [2.24, 2.45) is 0 Å². The summed E-state index contributed by atoms with van der Waals surface area (Å²) in [5, 5.41) is 0. The maximum Gasteiger partial charge on any atom is 0.366 e. The number of hydrogen-bond donors (Lipinski definition) is 0. The third kappa shape index (κ3) is 9.71. The zero-order valence-corrected chi connectivity index (χ0v) is 22.3. The second kappa shape index (κ2) is 15.3. The lowest BCUT2D eigenvalue weighted by molar-refractivity contribution is -0.141. The lowest BCUT2D eigenvalue weighted by Crippen LogP contribution is -2.12. The summed E-state index contributed by atoms with van der Waals surface area (Å²) in [6.45, 7) is 7.81. The molecule has 0 saturated heterocycles. The lowest BCUT2D eigenvalue weighted by atomic mass is 10.0. The molecule has 8 nitrogen and oxygen atoms in total. The summed E-state index contributed by atoms with van der Waals surface area (Å²) < 4.78 is 38.0. The quantitative estimate of drug-likeness (QED) is 0.0734. The van der Waals surface area contributed by atoms with Gasteiger partial charge in [0.1, 0.15) is 30.5 Å². The normalized spacial score (nSPS) is 9.90. The minimum Gasteiger partial charge on any atom is -0.490 e. The molecule has 9 heteroatoms. The number of carbonyl (C=O) groups is 3. The molecule has 0 unspecified atom stereocenters. The van der Waals surface area contributed by atoms with Crippen LogP contribution in [-0.2, 0) is 25.5 Å². The molecule has 0 radical (unpaired) electrons. The molecular weight excluding hydrogens is 531 g/mol. The lowest BCUT2D eigenvalue weighted by Gasteiger charge is -2.09. The molecule has 0 N–H and O–H groups in total.